The van der Waals surface area contributed by atoms with Crippen LogP contribution < -0.4 is 10.6 Å². The molecular formula is C48H53ClN8O8. The molecule has 9 rings (SSSR count). The molecule has 1 unspecified atom stereocenters. The summed E-state index contributed by atoms with van der Waals surface area (Å²) in [6.07, 6.45) is 3.17. The van der Waals surface area contributed by atoms with E-state index in [4.69, 9.17) is 16.3 Å². The molecular weight excluding hydrogens is 852 g/mol. The van der Waals surface area contributed by atoms with Crippen molar-refractivity contribution in [2.24, 2.45) is 5.92 Å². The maximum absolute atomic E-state index is 13.8. The highest BCUT2D eigenvalue weighted by Gasteiger charge is 2.46. The SMILES string of the molecule is COC(=O)[C@H]1Cc2c([nH]c3ccccc23)[C@H](c2ccc(C(=O)N3CCC(CN4CCN(CCCNc5cccc6c5C(=O)N(C5CCC(=O)NC5=O)C6=O)CC4)CC3)cc2)N1C(=O)CCl. The van der Waals surface area contributed by atoms with E-state index in [0.29, 0.717) is 43.2 Å². The number of anilines is 1. The second-order valence-electron chi connectivity index (χ2n) is 17.6. The topological polar surface area (TPSA) is 185 Å². The van der Waals surface area contributed by atoms with Crippen LogP contribution in [-0.2, 0) is 30.3 Å². The Labute approximate surface area is 381 Å². The summed E-state index contributed by atoms with van der Waals surface area (Å²) in [5, 5.41) is 6.57. The third kappa shape index (κ3) is 8.62. The van der Waals surface area contributed by atoms with Crippen LogP contribution in [0.1, 0.15) is 86.0 Å². The summed E-state index contributed by atoms with van der Waals surface area (Å²) < 4.78 is 5.16. The Morgan fingerprint density at radius 2 is 1.58 bits per heavy atom. The molecule has 3 N–H and O–H groups in total. The fraction of sp³-hybridized carbons (Fsp3) is 0.438. The highest BCUT2D eigenvalue weighted by molar-refractivity contribution is 6.27. The number of hydrogen-bond donors (Lipinski definition) is 3. The lowest BCUT2D eigenvalue weighted by molar-refractivity contribution is -0.154. The molecule has 3 atom stereocenters. The number of nitrogens with zero attached hydrogens (tertiary/aromatic N) is 5. The zero-order valence-corrected chi connectivity index (χ0v) is 37.1. The molecule has 3 saturated heterocycles. The molecule has 16 nitrogen and oxygen atoms in total. The number of piperidine rings is 2. The van der Waals surface area contributed by atoms with E-state index in [1.54, 1.807) is 18.2 Å². The van der Waals surface area contributed by atoms with Gasteiger partial charge in [-0.15, -0.1) is 11.6 Å². The van der Waals surface area contributed by atoms with E-state index < -0.39 is 47.7 Å². The van der Waals surface area contributed by atoms with Crippen LogP contribution in [0.25, 0.3) is 10.9 Å². The van der Waals surface area contributed by atoms with Gasteiger partial charge in [-0.3, -0.25) is 39.0 Å². The van der Waals surface area contributed by atoms with Crippen LogP contribution in [0.5, 0.6) is 0 Å². The van der Waals surface area contributed by atoms with Gasteiger partial charge in [-0.05, 0) is 79.6 Å². The van der Waals surface area contributed by atoms with E-state index in [1.807, 2.05) is 53.4 Å². The van der Waals surface area contributed by atoms with Crippen molar-refractivity contribution in [3.8, 4) is 0 Å². The number of para-hydroxylation sites is 1. The van der Waals surface area contributed by atoms with Crippen LogP contribution >= 0.6 is 11.6 Å². The van der Waals surface area contributed by atoms with Crippen molar-refractivity contribution in [3.05, 3.63) is 100 Å². The highest BCUT2D eigenvalue weighted by Crippen LogP contribution is 2.42. The summed E-state index contributed by atoms with van der Waals surface area (Å²) >= 11 is 6.12. The van der Waals surface area contributed by atoms with Gasteiger partial charge < -0.3 is 34.6 Å². The van der Waals surface area contributed by atoms with Crippen molar-refractivity contribution < 1.29 is 38.3 Å². The van der Waals surface area contributed by atoms with Gasteiger partial charge in [0.05, 0.1) is 24.3 Å². The van der Waals surface area contributed by atoms with Crippen molar-refractivity contribution in [1.29, 1.82) is 0 Å². The van der Waals surface area contributed by atoms with Gasteiger partial charge in [0, 0.05) is 93.0 Å². The standard InChI is InChI=1S/C48H53ClN8O8/c1-65-48(64)38-26-34-32-6-2-3-8-35(32)51-42(34)43(56(38)40(59)27-49)30-10-12-31(13-11-30)45(61)55-20-16-29(17-21-55)28-54-24-22-53(23-25-54)19-5-18-50-36-9-4-7-33-41(36)47(63)57(46(33)62)37-14-15-39(58)52-44(37)60/h2-4,6-13,29,37-38,43,50-51H,5,14-28H2,1H3,(H,52,58,60)/t37?,38-,43+/m1/s1. The first-order valence-corrected chi connectivity index (χ1v) is 23.0. The number of alkyl halides is 1. The third-order valence-electron chi connectivity index (χ3n) is 13.8. The molecule has 0 radical (unpaired) electrons. The monoisotopic (exact) mass is 904 g/mol. The first kappa shape index (κ1) is 44.1. The number of amides is 6. The molecule has 1 aromatic heterocycles. The minimum Gasteiger partial charge on any atom is -0.467 e. The van der Waals surface area contributed by atoms with Crippen LogP contribution in [0.4, 0.5) is 5.69 Å². The summed E-state index contributed by atoms with van der Waals surface area (Å²) in [5.41, 5.74) is 5.09. The first-order valence-electron chi connectivity index (χ1n) is 22.5. The Morgan fingerprint density at radius 1 is 0.846 bits per heavy atom. The Balaban J connectivity index is 0.738. The fourth-order valence-electron chi connectivity index (χ4n) is 10.4. The maximum atomic E-state index is 13.8. The number of nitrogens with one attached hydrogen (secondary N) is 3. The van der Waals surface area contributed by atoms with Crippen LogP contribution in [0, 0.1) is 5.92 Å². The number of hydrogen-bond acceptors (Lipinski definition) is 11. The molecule has 0 bridgehead atoms. The predicted octanol–water partition coefficient (Wildman–Crippen LogP) is 3.80. The lowest BCUT2D eigenvalue weighted by Crippen LogP contribution is -2.54. The number of piperazine rings is 1. The molecule has 3 aromatic carbocycles. The third-order valence-corrected chi connectivity index (χ3v) is 14.0. The molecule has 6 amide bonds. The molecule has 0 aliphatic carbocycles. The minimum absolute atomic E-state index is 0.0277. The Bertz CT molecular complexity index is 2530. The highest BCUT2D eigenvalue weighted by atomic mass is 35.5. The molecule has 0 saturated carbocycles. The maximum Gasteiger partial charge on any atom is 0.328 e. The first-order chi connectivity index (χ1) is 31.5. The zero-order chi connectivity index (χ0) is 45.4. The largest absolute Gasteiger partial charge is 0.467 e. The van der Waals surface area contributed by atoms with Crippen LogP contribution in [0.15, 0.2) is 66.7 Å². The number of H-pyrrole nitrogens is 1. The number of aromatic nitrogens is 1. The second kappa shape index (κ2) is 18.8. The number of halogens is 1. The van der Waals surface area contributed by atoms with Gasteiger partial charge in [0.15, 0.2) is 0 Å². The molecule has 65 heavy (non-hydrogen) atoms. The van der Waals surface area contributed by atoms with Gasteiger partial charge in [0.1, 0.15) is 18.0 Å². The summed E-state index contributed by atoms with van der Waals surface area (Å²) in [6, 6.07) is 17.8. The number of fused-ring (bicyclic) bond motifs is 4. The number of benzene rings is 3. The molecule has 17 heteroatoms. The van der Waals surface area contributed by atoms with Gasteiger partial charge in [-0.25, -0.2) is 4.79 Å². The van der Waals surface area contributed by atoms with Crippen LogP contribution in [0.3, 0.4) is 0 Å². The average Bonchev–Trinajstić information content (AvgIpc) is 3.83. The Hall–Kier alpha value is -6.10. The van der Waals surface area contributed by atoms with Gasteiger partial charge in [0.25, 0.3) is 17.7 Å². The smallest absolute Gasteiger partial charge is 0.328 e. The predicted molar refractivity (Wildman–Crippen MR) is 241 cm³/mol. The molecule has 3 fully saturated rings. The van der Waals surface area contributed by atoms with Crippen molar-refractivity contribution >= 4 is 69.6 Å². The number of esters is 1. The number of likely N-dealkylation sites (tertiary alicyclic amines) is 1. The molecule has 340 valence electrons. The van der Waals surface area contributed by atoms with E-state index in [0.717, 1.165) is 91.2 Å². The normalized spacial score (nSPS) is 21.9. The van der Waals surface area contributed by atoms with Crippen LogP contribution in [-0.4, -0.2) is 155 Å². The van der Waals surface area contributed by atoms with Crippen molar-refractivity contribution in [2.45, 2.75) is 56.7 Å². The van der Waals surface area contributed by atoms with Crippen molar-refractivity contribution in [2.75, 3.05) is 77.2 Å². The quantitative estimate of drug-likeness (QED) is 0.0814. The molecule has 5 aliphatic rings. The Morgan fingerprint density at radius 3 is 2.31 bits per heavy atom. The zero-order valence-electron chi connectivity index (χ0n) is 36.4. The van der Waals surface area contributed by atoms with Crippen molar-refractivity contribution in [3.63, 3.8) is 0 Å². The number of imide groups is 2. The number of carbonyl (C=O) groups excluding carboxylic acids is 7. The molecule has 4 aromatic rings. The van der Waals surface area contributed by atoms with E-state index >= 15 is 0 Å². The summed E-state index contributed by atoms with van der Waals surface area (Å²) in [5.74, 6) is -2.79. The number of ether oxygens (including phenoxy) is 1. The summed E-state index contributed by atoms with van der Waals surface area (Å²) in [6.45, 7) is 7.67. The van der Waals surface area contributed by atoms with Crippen LogP contribution in [0.2, 0.25) is 0 Å². The molecule has 5 aliphatic heterocycles. The van der Waals surface area contributed by atoms with E-state index in [-0.39, 0.29) is 41.7 Å². The number of methoxy groups -OCH3 is 1. The van der Waals surface area contributed by atoms with Gasteiger partial charge in [-0.2, -0.15) is 0 Å². The summed E-state index contributed by atoms with van der Waals surface area (Å²) in [4.78, 5) is 104. The number of carbonyl (C=O) groups is 7. The lowest BCUT2D eigenvalue weighted by atomic mass is 9.87. The van der Waals surface area contributed by atoms with E-state index in [2.05, 4.69) is 25.4 Å². The lowest BCUT2D eigenvalue weighted by Gasteiger charge is -2.40. The van der Waals surface area contributed by atoms with E-state index in [9.17, 15) is 33.6 Å². The number of rotatable bonds is 12. The fourth-order valence-corrected chi connectivity index (χ4v) is 10.5. The second-order valence-corrected chi connectivity index (χ2v) is 17.9. The average molecular weight is 905 g/mol. The van der Waals surface area contributed by atoms with Gasteiger partial charge in [0.2, 0.25) is 17.7 Å². The minimum atomic E-state index is -1.00. The van der Waals surface area contributed by atoms with E-state index in [1.165, 1.54) is 12.0 Å². The summed E-state index contributed by atoms with van der Waals surface area (Å²) in [7, 11) is 1.32. The van der Waals surface area contributed by atoms with Gasteiger partial charge in [-0.1, -0.05) is 36.4 Å². The number of aromatic amines is 1. The van der Waals surface area contributed by atoms with Gasteiger partial charge >= 0.3 is 5.97 Å². The Kier molecular flexibility index (Phi) is 12.7. The molecule has 0 spiro atoms. The molecule has 6 heterocycles. The van der Waals surface area contributed by atoms with Crippen molar-refractivity contribution in [1.82, 2.24) is 34.8 Å².